The Kier molecular flexibility index (Phi) is 5.16. The molecule has 0 atom stereocenters. The summed E-state index contributed by atoms with van der Waals surface area (Å²) < 4.78 is 13.2. The number of fused-ring (bicyclic) bond motifs is 1. The van der Waals surface area contributed by atoms with Crippen molar-refractivity contribution >= 4 is 11.0 Å². The van der Waals surface area contributed by atoms with Crippen LogP contribution in [0.25, 0.3) is 22.3 Å². The molecule has 5 heteroatoms. The Morgan fingerprint density at radius 1 is 1.04 bits per heavy atom. The number of benzene rings is 1. The molecular weight excluding hydrogens is 326 g/mol. The van der Waals surface area contributed by atoms with Gasteiger partial charge in [0.2, 0.25) is 0 Å². The third-order valence-electron chi connectivity index (χ3n) is 5.06. The van der Waals surface area contributed by atoms with E-state index in [1.807, 2.05) is 19.2 Å². The lowest BCUT2D eigenvalue weighted by molar-refractivity contribution is 0.333. The minimum atomic E-state index is 0.351. The maximum atomic E-state index is 5.60. The number of hydrogen-bond acceptors (Lipinski definition) is 4. The molecule has 0 bridgehead atoms. The molecule has 2 aromatic heterocycles. The van der Waals surface area contributed by atoms with E-state index in [4.69, 9.17) is 14.5 Å². The molecule has 0 unspecified atom stereocenters. The summed E-state index contributed by atoms with van der Waals surface area (Å²) in [5.41, 5.74) is 6.10. The topological polar surface area (TPSA) is 49.2 Å². The highest BCUT2D eigenvalue weighted by molar-refractivity contribution is 5.91. The first kappa shape index (κ1) is 18.2. The summed E-state index contributed by atoms with van der Waals surface area (Å²) in [6.45, 7) is 8.51. The third-order valence-corrected chi connectivity index (χ3v) is 5.06. The van der Waals surface area contributed by atoms with Crippen molar-refractivity contribution in [2.75, 3.05) is 14.2 Å². The van der Waals surface area contributed by atoms with Gasteiger partial charge in [-0.1, -0.05) is 13.8 Å². The number of nitrogens with zero attached hydrogens (tertiary/aromatic N) is 3. The van der Waals surface area contributed by atoms with Gasteiger partial charge in [0.1, 0.15) is 11.3 Å². The molecule has 138 valence electrons. The Bertz CT molecular complexity index is 927. The van der Waals surface area contributed by atoms with Crippen LogP contribution in [0.4, 0.5) is 0 Å². The maximum Gasteiger partial charge on any atom is 0.297 e. The van der Waals surface area contributed by atoms with Gasteiger partial charge in [0.15, 0.2) is 0 Å². The smallest absolute Gasteiger partial charge is 0.297 e. The Morgan fingerprint density at radius 2 is 1.77 bits per heavy atom. The van der Waals surface area contributed by atoms with Gasteiger partial charge < -0.3 is 9.47 Å². The van der Waals surface area contributed by atoms with E-state index in [0.29, 0.717) is 12.1 Å². The van der Waals surface area contributed by atoms with Crippen LogP contribution in [0.2, 0.25) is 0 Å². The fourth-order valence-corrected chi connectivity index (χ4v) is 3.61. The number of aryl methyl sites for hydroxylation is 2. The van der Waals surface area contributed by atoms with Gasteiger partial charge in [0.05, 0.1) is 25.4 Å². The number of pyridine rings is 1. The molecule has 0 aliphatic carbocycles. The van der Waals surface area contributed by atoms with Crippen molar-refractivity contribution in [1.82, 2.24) is 14.5 Å². The fraction of sp³-hybridized carbons (Fsp3) is 0.429. The number of ether oxygens (including phenoxy) is 2. The number of methoxy groups -OCH3 is 2. The predicted octanol–water partition coefficient (Wildman–Crippen LogP) is 5.09. The summed E-state index contributed by atoms with van der Waals surface area (Å²) in [7, 11) is 3.37. The van der Waals surface area contributed by atoms with Gasteiger partial charge in [0.25, 0.3) is 6.01 Å². The number of rotatable bonds is 6. The number of hydrogen-bond donors (Lipinski definition) is 0. The van der Waals surface area contributed by atoms with Crippen molar-refractivity contribution in [3.63, 3.8) is 0 Å². The van der Waals surface area contributed by atoms with E-state index in [0.717, 1.165) is 52.0 Å². The molecule has 1 aromatic carbocycles. The van der Waals surface area contributed by atoms with Crippen molar-refractivity contribution < 1.29 is 9.47 Å². The van der Waals surface area contributed by atoms with E-state index in [-0.39, 0.29) is 0 Å². The van der Waals surface area contributed by atoms with Crippen LogP contribution in [0.5, 0.6) is 11.8 Å². The molecule has 0 aliphatic rings. The van der Waals surface area contributed by atoms with Crippen molar-refractivity contribution in [3.05, 3.63) is 35.5 Å². The van der Waals surface area contributed by atoms with Gasteiger partial charge in [-0.2, -0.15) is 4.98 Å². The van der Waals surface area contributed by atoms with Crippen LogP contribution >= 0.6 is 0 Å². The highest BCUT2D eigenvalue weighted by Crippen LogP contribution is 2.36. The minimum Gasteiger partial charge on any atom is -0.496 e. The zero-order valence-electron chi connectivity index (χ0n) is 16.5. The zero-order valence-corrected chi connectivity index (χ0v) is 16.5. The van der Waals surface area contributed by atoms with Gasteiger partial charge in [0, 0.05) is 17.8 Å². The molecule has 0 saturated heterocycles. The quantitative estimate of drug-likeness (QED) is 0.619. The van der Waals surface area contributed by atoms with Crippen LogP contribution in [-0.2, 0) is 0 Å². The van der Waals surface area contributed by atoms with Gasteiger partial charge >= 0.3 is 0 Å². The van der Waals surface area contributed by atoms with Crippen LogP contribution < -0.4 is 9.47 Å². The average Bonchev–Trinajstić information content (AvgIpc) is 3.03. The summed E-state index contributed by atoms with van der Waals surface area (Å²) in [4.78, 5) is 9.45. The van der Waals surface area contributed by atoms with E-state index < -0.39 is 0 Å². The first-order valence-electron chi connectivity index (χ1n) is 9.12. The summed E-state index contributed by atoms with van der Waals surface area (Å²) in [5.74, 6) is 0.888. The molecular formula is C21H27N3O2. The van der Waals surface area contributed by atoms with Gasteiger partial charge in [-0.3, -0.25) is 9.55 Å². The van der Waals surface area contributed by atoms with E-state index in [1.165, 1.54) is 0 Å². The van der Waals surface area contributed by atoms with Gasteiger partial charge in [-0.05, 0) is 56.0 Å². The van der Waals surface area contributed by atoms with Crippen molar-refractivity contribution in [3.8, 4) is 23.0 Å². The molecule has 0 radical (unpaired) electrons. The Labute approximate surface area is 155 Å². The third kappa shape index (κ3) is 2.91. The number of aromatic nitrogens is 3. The van der Waals surface area contributed by atoms with Gasteiger partial charge in [-0.25, -0.2) is 0 Å². The fourth-order valence-electron chi connectivity index (χ4n) is 3.61. The average molecular weight is 353 g/mol. The van der Waals surface area contributed by atoms with E-state index in [9.17, 15) is 0 Å². The standard InChI is InChI=1S/C21H27N3O2/c1-7-15(8-2)24-17-9-10-22-19(20(17)23-21(24)26-6)16-11-14(4)18(25-5)12-13(16)3/h9-12,15H,7-8H2,1-6H3. The summed E-state index contributed by atoms with van der Waals surface area (Å²) in [6, 6.07) is 7.20. The normalized spacial score (nSPS) is 11.3. The first-order valence-corrected chi connectivity index (χ1v) is 9.12. The highest BCUT2D eigenvalue weighted by atomic mass is 16.5. The molecule has 5 nitrogen and oxygen atoms in total. The molecule has 0 amide bonds. The van der Waals surface area contributed by atoms with E-state index in [1.54, 1.807) is 14.2 Å². The van der Waals surface area contributed by atoms with Crippen LogP contribution in [0.15, 0.2) is 24.4 Å². The lowest BCUT2D eigenvalue weighted by Crippen LogP contribution is -2.08. The van der Waals surface area contributed by atoms with E-state index >= 15 is 0 Å². The second kappa shape index (κ2) is 7.36. The van der Waals surface area contributed by atoms with Crippen LogP contribution in [0.1, 0.15) is 43.9 Å². The van der Waals surface area contributed by atoms with Crippen molar-refractivity contribution in [2.24, 2.45) is 0 Å². The Balaban J connectivity index is 2.28. The van der Waals surface area contributed by atoms with E-state index in [2.05, 4.69) is 42.5 Å². The molecule has 2 heterocycles. The summed E-state index contributed by atoms with van der Waals surface area (Å²) in [6.07, 6.45) is 3.91. The Hall–Kier alpha value is -2.56. The van der Waals surface area contributed by atoms with Crippen molar-refractivity contribution in [1.29, 1.82) is 0 Å². The van der Waals surface area contributed by atoms with Crippen LogP contribution in [0, 0.1) is 13.8 Å². The van der Waals surface area contributed by atoms with Crippen molar-refractivity contribution in [2.45, 2.75) is 46.6 Å². The SMILES string of the molecule is CCC(CC)n1c(OC)nc2c(-c3cc(C)c(OC)cc3C)nccc21. The largest absolute Gasteiger partial charge is 0.496 e. The lowest BCUT2D eigenvalue weighted by atomic mass is 10.0. The summed E-state index contributed by atoms with van der Waals surface area (Å²) in [5, 5.41) is 0. The number of imidazole rings is 1. The molecule has 0 aliphatic heterocycles. The molecule has 0 N–H and O–H groups in total. The lowest BCUT2D eigenvalue weighted by Gasteiger charge is -2.17. The second-order valence-electron chi connectivity index (χ2n) is 6.60. The predicted molar refractivity (Wildman–Crippen MR) is 105 cm³/mol. The maximum absolute atomic E-state index is 5.60. The first-order chi connectivity index (χ1) is 12.5. The molecule has 3 rings (SSSR count). The highest BCUT2D eigenvalue weighted by Gasteiger charge is 2.21. The van der Waals surface area contributed by atoms with Gasteiger partial charge in [-0.15, -0.1) is 0 Å². The molecule has 0 fully saturated rings. The second-order valence-corrected chi connectivity index (χ2v) is 6.60. The summed E-state index contributed by atoms with van der Waals surface area (Å²) >= 11 is 0. The minimum absolute atomic E-state index is 0.351. The van der Waals surface area contributed by atoms with Crippen LogP contribution in [0.3, 0.4) is 0 Å². The zero-order chi connectivity index (χ0) is 18.8. The molecule has 0 saturated carbocycles. The molecule has 0 spiro atoms. The molecule has 3 aromatic rings. The molecule has 26 heavy (non-hydrogen) atoms. The Morgan fingerprint density at radius 3 is 2.38 bits per heavy atom. The van der Waals surface area contributed by atoms with Crippen LogP contribution in [-0.4, -0.2) is 28.8 Å². The monoisotopic (exact) mass is 353 g/mol.